The molecule has 0 saturated carbocycles. The number of allylic oxidation sites excluding steroid dienone is 2. The number of hydrogen-bond acceptors (Lipinski definition) is 0. The third-order valence-electron chi connectivity index (χ3n) is 2.18. The summed E-state index contributed by atoms with van der Waals surface area (Å²) in [6.07, 6.45) is -3.37. The van der Waals surface area contributed by atoms with Gasteiger partial charge in [0.15, 0.2) is 0 Å². The molecule has 0 aromatic heterocycles. The summed E-state index contributed by atoms with van der Waals surface area (Å²) in [6.45, 7) is 0.407. The van der Waals surface area contributed by atoms with Crippen molar-refractivity contribution in [3.8, 4) is 0 Å². The molecule has 1 rings (SSSR count). The molecule has 1 aliphatic rings. The summed E-state index contributed by atoms with van der Waals surface area (Å²) < 4.78 is 77.9. The van der Waals surface area contributed by atoms with Crippen molar-refractivity contribution in [3.63, 3.8) is 0 Å². The van der Waals surface area contributed by atoms with Crippen LogP contribution in [0.2, 0.25) is 0 Å². The van der Waals surface area contributed by atoms with Crippen LogP contribution in [0.15, 0.2) is 11.4 Å². The molecule has 15 heavy (non-hydrogen) atoms. The van der Waals surface area contributed by atoms with Crippen molar-refractivity contribution in [2.75, 3.05) is 0 Å². The van der Waals surface area contributed by atoms with Gasteiger partial charge < -0.3 is 0 Å². The second kappa shape index (κ2) is 3.20. The SMILES string of the molecule is CC1=C(F)C(F)C(F)(Cl)C(F)(Cl)C1(F)F. The Labute approximate surface area is 90.8 Å². The second-order valence-electron chi connectivity index (χ2n) is 3.11. The van der Waals surface area contributed by atoms with Gasteiger partial charge in [-0.3, -0.25) is 0 Å². The van der Waals surface area contributed by atoms with E-state index in [-0.39, 0.29) is 0 Å². The zero-order valence-electron chi connectivity index (χ0n) is 7.10. The van der Waals surface area contributed by atoms with Crippen molar-refractivity contribution in [3.05, 3.63) is 11.4 Å². The third kappa shape index (κ3) is 1.37. The average Bonchev–Trinajstić information content (AvgIpc) is 2.12. The first kappa shape index (κ1) is 13.0. The van der Waals surface area contributed by atoms with Crippen LogP contribution in [0.1, 0.15) is 6.92 Å². The van der Waals surface area contributed by atoms with Gasteiger partial charge in [-0.25, -0.2) is 17.6 Å². The maximum atomic E-state index is 13.2. The summed E-state index contributed by atoms with van der Waals surface area (Å²) in [4.78, 5) is 0. The van der Waals surface area contributed by atoms with Gasteiger partial charge in [-0.2, -0.15) is 8.78 Å². The van der Waals surface area contributed by atoms with Crippen molar-refractivity contribution in [1.82, 2.24) is 0 Å². The fourth-order valence-corrected chi connectivity index (χ4v) is 1.56. The molecule has 3 atom stereocenters. The number of hydrogen-bond donors (Lipinski definition) is 0. The maximum absolute atomic E-state index is 13.2. The first-order valence-corrected chi connectivity index (χ1v) is 4.37. The molecule has 0 N–H and O–H groups in total. The molecule has 3 unspecified atom stereocenters. The monoisotopic (exact) mass is 272 g/mol. The van der Waals surface area contributed by atoms with Gasteiger partial charge in [-0.15, -0.1) is 0 Å². The van der Waals surface area contributed by atoms with E-state index in [2.05, 4.69) is 23.2 Å². The highest BCUT2D eigenvalue weighted by Gasteiger charge is 2.75. The minimum absolute atomic E-state index is 0.407. The van der Waals surface area contributed by atoms with Crippen LogP contribution in [0.3, 0.4) is 0 Å². The van der Waals surface area contributed by atoms with Gasteiger partial charge in [0.25, 0.3) is 5.13 Å². The van der Waals surface area contributed by atoms with Gasteiger partial charge in [0.05, 0.1) is 0 Å². The van der Waals surface area contributed by atoms with Crippen molar-refractivity contribution in [2.45, 2.75) is 29.3 Å². The highest BCUT2D eigenvalue weighted by Crippen LogP contribution is 2.59. The molecule has 0 heterocycles. The smallest absolute Gasteiger partial charge is 0.235 e. The Morgan fingerprint density at radius 3 is 1.93 bits per heavy atom. The predicted octanol–water partition coefficient (Wildman–Crippen LogP) is 4.03. The van der Waals surface area contributed by atoms with E-state index in [1.165, 1.54) is 0 Å². The molecule has 0 aromatic rings. The summed E-state index contributed by atoms with van der Waals surface area (Å²) in [5.41, 5.74) is -1.61. The minimum atomic E-state index is -4.72. The van der Waals surface area contributed by atoms with Gasteiger partial charge in [0.1, 0.15) is 5.83 Å². The molecule has 0 aliphatic heterocycles. The highest BCUT2D eigenvalue weighted by atomic mass is 35.5. The Morgan fingerprint density at radius 2 is 1.53 bits per heavy atom. The van der Waals surface area contributed by atoms with Gasteiger partial charge in [0.2, 0.25) is 6.17 Å². The summed E-state index contributed by atoms with van der Waals surface area (Å²) in [5, 5.41) is -8.90. The maximum Gasteiger partial charge on any atom is 0.323 e. The molecule has 1 aliphatic carbocycles. The van der Waals surface area contributed by atoms with Crippen LogP contribution in [-0.2, 0) is 0 Å². The Hall–Kier alpha value is -0.100. The molecule has 0 bridgehead atoms. The van der Waals surface area contributed by atoms with E-state index in [4.69, 9.17) is 0 Å². The molecule has 88 valence electrons. The van der Waals surface area contributed by atoms with Gasteiger partial charge in [-0.05, 0) is 6.92 Å². The Balaban J connectivity index is 3.49. The minimum Gasteiger partial charge on any atom is -0.235 e. The zero-order chi connectivity index (χ0) is 12.2. The molecule has 0 amide bonds. The van der Waals surface area contributed by atoms with E-state index in [1.54, 1.807) is 0 Å². The van der Waals surface area contributed by atoms with E-state index >= 15 is 0 Å². The van der Waals surface area contributed by atoms with Crippen LogP contribution < -0.4 is 0 Å². The van der Waals surface area contributed by atoms with Crippen molar-refractivity contribution < 1.29 is 26.3 Å². The summed E-state index contributed by atoms with van der Waals surface area (Å²) in [5.74, 6) is -6.87. The Bertz CT molecular complexity index is 321. The zero-order valence-corrected chi connectivity index (χ0v) is 8.61. The van der Waals surface area contributed by atoms with Gasteiger partial charge >= 0.3 is 11.1 Å². The second-order valence-corrected chi connectivity index (χ2v) is 4.18. The van der Waals surface area contributed by atoms with Crippen molar-refractivity contribution in [2.24, 2.45) is 0 Å². The number of halogens is 8. The molecular formula is C7H4Cl2F6. The Morgan fingerprint density at radius 1 is 1.13 bits per heavy atom. The molecule has 0 spiro atoms. The lowest BCUT2D eigenvalue weighted by Gasteiger charge is -2.41. The normalized spacial score (nSPS) is 45.8. The van der Waals surface area contributed by atoms with Crippen molar-refractivity contribution >= 4 is 23.2 Å². The molecule has 0 aromatic carbocycles. The first-order chi connectivity index (χ1) is 6.48. The molecule has 0 radical (unpaired) electrons. The number of rotatable bonds is 0. The molecule has 0 fully saturated rings. The predicted molar refractivity (Wildman–Crippen MR) is 43.0 cm³/mol. The Kier molecular flexibility index (Phi) is 2.76. The summed E-state index contributed by atoms with van der Waals surface area (Å²) >= 11 is 9.10. The molecule has 0 nitrogen and oxygen atoms in total. The van der Waals surface area contributed by atoms with E-state index in [0.717, 1.165) is 0 Å². The summed E-state index contributed by atoms with van der Waals surface area (Å²) in [7, 11) is 0. The van der Waals surface area contributed by atoms with Crippen LogP contribution >= 0.6 is 23.2 Å². The lowest BCUT2D eigenvalue weighted by atomic mass is 9.90. The molecule has 0 saturated heterocycles. The standard InChI is InChI=1S/C7H4Cl2F6/c1-2-3(10)4(11)5(8,12)7(9,15)6(2,13)14/h4H,1H3. The van der Waals surface area contributed by atoms with E-state index in [1.807, 2.05) is 0 Å². The lowest BCUT2D eigenvalue weighted by Crippen LogP contribution is -2.61. The van der Waals surface area contributed by atoms with E-state index in [0.29, 0.717) is 6.92 Å². The first-order valence-electron chi connectivity index (χ1n) is 3.62. The largest absolute Gasteiger partial charge is 0.323 e. The quantitative estimate of drug-likeness (QED) is 0.461. The van der Waals surface area contributed by atoms with Crippen LogP contribution in [0.4, 0.5) is 26.3 Å². The van der Waals surface area contributed by atoms with E-state index in [9.17, 15) is 26.3 Å². The third-order valence-corrected chi connectivity index (χ3v) is 3.24. The lowest BCUT2D eigenvalue weighted by molar-refractivity contribution is -0.138. The van der Waals surface area contributed by atoms with Crippen LogP contribution in [0.5, 0.6) is 0 Å². The fraction of sp³-hybridized carbons (Fsp3) is 0.714. The fourth-order valence-electron chi connectivity index (χ4n) is 1.10. The van der Waals surface area contributed by atoms with Crippen molar-refractivity contribution in [1.29, 1.82) is 0 Å². The number of alkyl halides is 7. The topological polar surface area (TPSA) is 0 Å². The highest BCUT2D eigenvalue weighted by molar-refractivity contribution is 6.34. The van der Waals surface area contributed by atoms with Gasteiger partial charge in [0, 0.05) is 5.57 Å². The van der Waals surface area contributed by atoms with Gasteiger partial charge in [-0.1, -0.05) is 23.2 Å². The molecular weight excluding hydrogens is 269 g/mol. The van der Waals surface area contributed by atoms with E-state index < -0.39 is 33.8 Å². The molecule has 8 heteroatoms. The van der Waals surface area contributed by atoms with Crippen LogP contribution in [0, 0.1) is 0 Å². The van der Waals surface area contributed by atoms with Crippen LogP contribution in [-0.4, -0.2) is 22.4 Å². The summed E-state index contributed by atoms with van der Waals surface area (Å²) in [6, 6.07) is 0. The van der Waals surface area contributed by atoms with Crippen LogP contribution in [0.25, 0.3) is 0 Å². The average molecular weight is 273 g/mol.